The van der Waals surface area contributed by atoms with Crippen molar-refractivity contribution >= 4 is 22.6 Å². The second kappa shape index (κ2) is 6.82. The lowest BCUT2D eigenvalue weighted by Gasteiger charge is -2.19. The minimum atomic E-state index is -0.912. The van der Waals surface area contributed by atoms with E-state index in [0.29, 0.717) is 12.3 Å². The second-order valence-electron chi connectivity index (χ2n) is 6.27. The normalized spacial score (nSPS) is 15.3. The quantitative estimate of drug-likeness (QED) is 0.820. The van der Waals surface area contributed by atoms with Gasteiger partial charge >= 0.3 is 5.97 Å². The number of carboxylic acids is 1. The molecule has 0 heterocycles. The van der Waals surface area contributed by atoms with Crippen molar-refractivity contribution in [3.05, 3.63) is 48.0 Å². The van der Waals surface area contributed by atoms with Gasteiger partial charge in [-0.25, -0.2) is 0 Å². The largest absolute Gasteiger partial charge is 0.481 e. The highest BCUT2D eigenvalue weighted by molar-refractivity contribution is 5.87. The molecule has 2 N–H and O–H groups in total. The molecular weight excluding hydrogens is 290 g/mol. The fourth-order valence-corrected chi connectivity index (χ4v) is 2.98. The highest BCUT2D eigenvalue weighted by Gasteiger charge is 2.24. The third-order valence-corrected chi connectivity index (χ3v) is 4.39. The average molecular weight is 311 g/mol. The Morgan fingerprint density at radius 2 is 1.87 bits per heavy atom. The minimum absolute atomic E-state index is 0.0592. The number of carboxylic acid groups (broad SMARTS) is 1. The first kappa shape index (κ1) is 15.5. The van der Waals surface area contributed by atoms with Crippen LogP contribution in [0.1, 0.15) is 43.7 Å². The van der Waals surface area contributed by atoms with E-state index in [4.69, 9.17) is 0 Å². The Morgan fingerprint density at radius 3 is 2.61 bits per heavy atom. The lowest BCUT2D eigenvalue weighted by Crippen LogP contribution is -2.30. The van der Waals surface area contributed by atoms with E-state index in [-0.39, 0.29) is 12.3 Å². The topological polar surface area (TPSA) is 66.4 Å². The van der Waals surface area contributed by atoms with E-state index in [1.54, 1.807) is 0 Å². The van der Waals surface area contributed by atoms with Crippen LogP contribution in [0.2, 0.25) is 0 Å². The zero-order valence-corrected chi connectivity index (χ0v) is 13.0. The van der Waals surface area contributed by atoms with Gasteiger partial charge in [0.05, 0.1) is 12.5 Å². The first-order chi connectivity index (χ1) is 11.1. The molecule has 0 bridgehead atoms. The van der Waals surface area contributed by atoms with Crippen molar-refractivity contribution in [2.24, 2.45) is 5.92 Å². The maximum atomic E-state index is 12.2. The molecule has 1 aliphatic rings. The van der Waals surface area contributed by atoms with Gasteiger partial charge in [0.1, 0.15) is 0 Å². The zero-order chi connectivity index (χ0) is 16.2. The van der Waals surface area contributed by atoms with Crippen LogP contribution in [0.25, 0.3) is 10.8 Å². The molecule has 0 unspecified atom stereocenters. The van der Waals surface area contributed by atoms with Crippen molar-refractivity contribution in [2.45, 2.75) is 38.1 Å². The summed E-state index contributed by atoms with van der Waals surface area (Å²) in [4.78, 5) is 23.4. The van der Waals surface area contributed by atoms with E-state index in [2.05, 4.69) is 5.32 Å². The molecule has 4 heteroatoms. The Labute approximate surface area is 135 Å². The van der Waals surface area contributed by atoms with Gasteiger partial charge in [0.15, 0.2) is 0 Å². The van der Waals surface area contributed by atoms with Gasteiger partial charge in [-0.15, -0.1) is 0 Å². The molecule has 0 saturated heterocycles. The van der Waals surface area contributed by atoms with E-state index in [1.165, 1.54) is 12.8 Å². The van der Waals surface area contributed by atoms with E-state index < -0.39 is 12.0 Å². The van der Waals surface area contributed by atoms with Gasteiger partial charge in [0, 0.05) is 6.42 Å². The van der Waals surface area contributed by atoms with Gasteiger partial charge in [-0.05, 0) is 28.7 Å². The van der Waals surface area contributed by atoms with Crippen LogP contribution in [0.5, 0.6) is 0 Å². The molecule has 0 spiro atoms. The molecule has 1 fully saturated rings. The van der Waals surface area contributed by atoms with Crippen LogP contribution in [0.3, 0.4) is 0 Å². The summed E-state index contributed by atoms with van der Waals surface area (Å²) in [5, 5.41) is 14.2. The Morgan fingerprint density at radius 1 is 1.13 bits per heavy atom. The molecule has 0 radical (unpaired) electrons. The number of amides is 1. The summed E-state index contributed by atoms with van der Waals surface area (Å²) in [6.07, 6.45) is 3.71. The molecule has 1 saturated carbocycles. The van der Waals surface area contributed by atoms with Crippen molar-refractivity contribution in [3.8, 4) is 0 Å². The van der Waals surface area contributed by atoms with Crippen LogP contribution in [-0.4, -0.2) is 17.0 Å². The third-order valence-electron chi connectivity index (χ3n) is 4.39. The zero-order valence-electron chi connectivity index (χ0n) is 13.0. The standard InChI is InChI=1S/C19H21NO3/c21-18(11-10-13-8-9-13)20-17(12-19(22)23)16-7-3-5-14-4-1-2-6-15(14)16/h1-7,13,17H,8-12H2,(H,20,21)(H,22,23)/t17-/m1/s1. The predicted octanol–water partition coefficient (Wildman–Crippen LogP) is 3.66. The number of carbonyl (C=O) groups excluding carboxylic acids is 1. The Kier molecular flexibility index (Phi) is 4.60. The van der Waals surface area contributed by atoms with Gasteiger partial charge in [0.25, 0.3) is 0 Å². The SMILES string of the molecule is O=C(O)C[C@@H](NC(=O)CCC1CC1)c1cccc2ccccc12. The van der Waals surface area contributed by atoms with Crippen LogP contribution in [-0.2, 0) is 9.59 Å². The van der Waals surface area contributed by atoms with Crippen molar-refractivity contribution in [1.82, 2.24) is 5.32 Å². The monoisotopic (exact) mass is 311 g/mol. The molecule has 1 amide bonds. The summed E-state index contributed by atoms with van der Waals surface area (Å²) in [6, 6.07) is 13.1. The number of hydrogen-bond acceptors (Lipinski definition) is 2. The van der Waals surface area contributed by atoms with Crippen molar-refractivity contribution in [2.75, 3.05) is 0 Å². The highest BCUT2D eigenvalue weighted by atomic mass is 16.4. The first-order valence-electron chi connectivity index (χ1n) is 8.12. The van der Waals surface area contributed by atoms with Crippen molar-refractivity contribution < 1.29 is 14.7 Å². The molecule has 4 nitrogen and oxygen atoms in total. The summed E-state index contributed by atoms with van der Waals surface area (Å²) >= 11 is 0. The van der Waals surface area contributed by atoms with Crippen LogP contribution in [0.4, 0.5) is 0 Å². The van der Waals surface area contributed by atoms with E-state index in [1.807, 2.05) is 42.5 Å². The van der Waals surface area contributed by atoms with E-state index in [0.717, 1.165) is 22.8 Å². The molecule has 23 heavy (non-hydrogen) atoms. The third kappa shape index (κ3) is 4.09. The van der Waals surface area contributed by atoms with Crippen molar-refractivity contribution in [1.29, 1.82) is 0 Å². The fraction of sp³-hybridized carbons (Fsp3) is 0.368. The maximum Gasteiger partial charge on any atom is 0.305 e. The number of carbonyl (C=O) groups is 2. The summed E-state index contributed by atoms with van der Waals surface area (Å²) in [6.45, 7) is 0. The molecule has 120 valence electrons. The summed E-state index contributed by atoms with van der Waals surface area (Å²) in [5.74, 6) is -0.280. The fourth-order valence-electron chi connectivity index (χ4n) is 2.98. The summed E-state index contributed by atoms with van der Waals surface area (Å²) < 4.78 is 0. The average Bonchev–Trinajstić information content (AvgIpc) is 3.36. The number of hydrogen-bond donors (Lipinski definition) is 2. The molecule has 1 aliphatic carbocycles. The molecule has 0 aliphatic heterocycles. The number of nitrogens with one attached hydrogen (secondary N) is 1. The molecule has 3 rings (SSSR count). The molecule has 1 atom stereocenters. The molecule has 2 aromatic carbocycles. The molecule has 0 aromatic heterocycles. The van der Waals surface area contributed by atoms with Crippen LogP contribution >= 0.6 is 0 Å². The predicted molar refractivity (Wildman–Crippen MR) is 89.0 cm³/mol. The van der Waals surface area contributed by atoms with Gasteiger partial charge in [-0.2, -0.15) is 0 Å². The van der Waals surface area contributed by atoms with Crippen molar-refractivity contribution in [3.63, 3.8) is 0 Å². The number of aliphatic carboxylic acids is 1. The second-order valence-corrected chi connectivity index (χ2v) is 6.27. The Balaban J connectivity index is 1.81. The van der Waals surface area contributed by atoms with Crippen LogP contribution in [0.15, 0.2) is 42.5 Å². The van der Waals surface area contributed by atoms with E-state index in [9.17, 15) is 14.7 Å². The van der Waals surface area contributed by atoms with Gasteiger partial charge in [0.2, 0.25) is 5.91 Å². The number of rotatable bonds is 7. The number of fused-ring (bicyclic) bond motifs is 1. The maximum absolute atomic E-state index is 12.2. The molecule has 2 aromatic rings. The first-order valence-corrected chi connectivity index (χ1v) is 8.12. The Hall–Kier alpha value is -2.36. The lowest BCUT2D eigenvalue weighted by molar-refractivity contribution is -0.137. The van der Waals surface area contributed by atoms with Crippen LogP contribution < -0.4 is 5.32 Å². The lowest BCUT2D eigenvalue weighted by atomic mass is 9.96. The summed E-state index contributed by atoms with van der Waals surface area (Å²) in [5.41, 5.74) is 0.866. The number of benzene rings is 2. The van der Waals surface area contributed by atoms with Gasteiger partial charge < -0.3 is 10.4 Å². The Bertz CT molecular complexity index is 716. The smallest absolute Gasteiger partial charge is 0.305 e. The van der Waals surface area contributed by atoms with E-state index >= 15 is 0 Å². The van der Waals surface area contributed by atoms with Gasteiger partial charge in [-0.3, -0.25) is 9.59 Å². The molecular formula is C19H21NO3. The highest BCUT2D eigenvalue weighted by Crippen LogP contribution is 2.33. The minimum Gasteiger partial charge on any atom is -0.481 e. The van der Waals surface area contributed by atoms with Crippen LogP contribution in [0, 0.1) is 5.92 Å². The summed E-state index contributed by atoms with van der Waals surface area (Å²) in [7, 11) is 0. The van der Waals surface area contributed by atoms with Gasteiger partial charge in [-0.1, -0.05) is 55.3 Å².